The van der Waals surface area contributed by atoms with Gasteiger partial charge in [0.1, 0.15) is 0 Å². The molecule has 18 heavy (non-hydrogen) atoms. The second kappa shape index (κ2) is 4.70. The van der Waals surface area contributed by atoms with Crippen molar-refractivity contribution in [2.24, 2.45) is 17.0 Å². The van der Waals surface area contributed by atoms with Gasteiger partial charge in [0.05, 0.1) is 4.90 Å². The first-order chi connectivity index (χ1) is 8.38. The second-order valence-corrected chi connectivity index (χ2v) is 6.29. The van der Waals surface area contributed by atoms with Gasteiger partial charge in [-0.25, -0.2) is 13.6 Å². The zero-order chi connectivity index (χ0) is 13.3. The summed E-state index contributed by atoms with van der Waals surface area (Å²) in [6, 6.07) is 6.18. The molecule has 0 spiro atoms. The molecule has 1 amide bonds. The highest BCUT2D eigenvalue weighted by atomic mass is 32.2. The first-order valence-electron chi connectivity index (χ1n) is 5.77. The van der Waals surface area contributed by atoms with E-state index in [-0.39, 0.29) is 16.7 Å². The van der Waals surface area contributed by atoms with Gasteiger partial charge in [0, 0.05) is 12.5 Å². The van der Waals surface area contributed by atoms with Crippen molar-refractivity contribution in [3.8, 4) is 0 Å². The zero-order valence-electron chi connectivity index (χ0n) is 10.1. The van der Waals surface area contributed by atoms with Crippen molar-refractivity contribution >= 4 is 15.9 Å². The van der Waals surface area contributed by atoms with Gasteiger partial charge in [-0.1, -0.05) is 19.1 Å². The standard InChI is InChI=1S/C12H16N2O3S/c1-8-6-11(8)12(15)14-7-9-2-4-10(5-3-9)18(13,16)17/h2-5,8,11H,6-7H2,1H3,(H,14,15)(H2,13,16,17). The number of hydrogen-bond acceptors (Lipinski definition) is 3. The van der Waals surface area contributed by atoms with Gasteiger partial charge in [0.2, 0.25) is 15.9 Å². The number of sulfonamides is 1. The minimum atomic E-state index is -3.65. The molecule has 1 saturated carbocycles. The van der Waals surface area contributed by atoms with E-state index in [0.717, 1.165) is 12.0 Å². The third-order valence-electron chi connectivity index (χ3n) is 3.16. The third-order valence-corrected chi connectivity index (χ3v) is 4.09. The summed E-state index contributed by atoms with van der Waals surface area (Å²) < 4.78 is 22.1. The lowest BCUT2D eigenvalue weighted by Crippen LogP contribution is -2.24. The maximum atomic E-state index is 11.6. The Bertz CT molecular complexity index is 551. The molecule has 1 aliphatic rings. The smallest absolute Gasteiger partial charge is 0.238 e. The molecule has 0 saturated heterocycles. The van der Waals surface area contributed by atoms with Gasteiger partial charge >= 0.3 is 0 Å². The van der Waals surface area contributed by atoms with E-state index in [9.17, 15) is 13.2 Å². The van der Waals surface area contributed by atoms with Crippen molar-refractivity contribution < 1.29 is 13.2 Å². The fourth-order valence-corrected chi connectivity index (χ4v) is 2.32. The quantitative estimate of drug-likeness (QED) is 0.838. The van der Waals surface area contributed by atoms with Crippen LogP contribution < -0.4 is 10.5 Å². The molecule has 0 bridgehead atoms. The number of benzene rings is 1. The summed E-state index contributed by atoms with van der Waals surface area (Å²) in [4.78, 5) is 11.7. The Morgan fingerprint density at radius 1 is 1.39 bits per heavy atom. The summed E-state index contributed by atoms with van der Waals surface area (Å²) in [6.45, 7) is 2.46. The van der Waals surface area contributed by atoms with E-state index in [2.05, 4.69) is 5.32 Å². The van der Waals surface area contributed by atoms with Crippen LogP contribution >= 0.6 is 0 Å². The summed E-state index contributed by atoms with van der Waals surface area (Å²) in [5, 5.41) is 7.82. The normalized spacial score (nSPS) is 22.6. The molecule has 6 heteroatoms. The van der Waals surface area contributed by atoms with Crippen LogP contribution in [0, 0.1) is 11.8 Å². The number of rotatable bonds is 4. The Balaban J connectivity index is 1.93. The number of nitrogens with one attached hydrogen (secondary N) is 1. The summed E-state index contributed by atoms with van der Waals surface area (Å²) in [5.41, 5.74) is 0.851. The lowest BCUT2D eigenvalue weighted by atomic mass is 10.2. The molecule has 0 aliphatic heterocycles. The third kappa shape index (κ3) is 3.08. The Hall–Kier alpha value is -1.40. The van der Waals surface area contributed by atoms with Gasteiger partial charge in [-0.15, -0.1) is 0 Å². The maximum absolute atomic E-state index is 11.6. The van der Waals surface area contributed by atoms with E-state index < -0.39 is 10.0 Å². The molecule has 0 radical (unpaired) electrons. The topological polar surface area (TPSA) is 89.3 Å². The summed E-state index contributed by atoms with van der Waals surface area (Å²) in [7, 11) is -3.65. The van der Waals surface area contributed by atoms with Gasteiger partial charge in [-0.05, 0) is 30.0 Å². The van der Waals surface area contributed by atoms with E-state index >= 15 is 0 Å². The van der Waals surface area contributed by atoms with Crippen molar-refractivity contribution in [1.29, 1.82) is 0 Å². The van der Waals surface area contributed by atoms with E-state index in [1.54, 1.807) is 12.1 Å². The molecule has 1 aliphatic carbocycles. The first-order valence-corrected chi connectivity index (χ1v) is 7.32. The monoisotopic (exact) mass is 268 g/mol. The fraction of sp³-hybridized carbons (Fsp3) is 0.417. The van der Waals surface area contributed by atoms with Crippen molar-refractivity contribution in [2.45, 2.75) is 24.8 Å². The maximum Gasteiger partial charge on any atom is 0.238 e. The molecule has 0 aromatic heterocycles. The lowest BCUT2D eigenvalue weighted by Gasteiger charge is -2.05. The molecule has 1 fully saturated rings. The Kier molecular flexibility index (Phi) is 3.41. The predicted octanol–water partition coefficient (Wildman–Crippen LogP) is 0.606. The van der Waals surface area contributed by atoms with Gasteiger partial charge < -0.3 is 5.32 Å². The minimum absolute atomic E-state index is 0.0676. The molecular formula is C12H16N2O3S. The van der Waals surface area contributed by atoms with Crippen molar-refractivity contribution in [3.05, 3.63) is 29.8 Å². The zero-order valence-corrected chi connectivity index (χ0v) is 10.9. The van der Waals surface area contributed by atoms with Gasteiger partial charge in [0.15, 0.2) is 0 Å². The fourth-order valence-electron chi connectivity index (χ4n) is 1.80. The summed E-state index contributed by atoms with van der Waals surface area (Å²) in [5.74, 6) is 0.696. The summed E-state index contributed by atoms with van der Waals surface area (Å²) in [6.07, 6.45) is 0.955. The predicted molar refractivity (Wildman–Crippen MR) is 66.9 cm³/mol. The Labute approximate surface area is 106 Å². The van der Waals surface area contributed by atoms with Gasteiger partial charge in [-0.3, -0.25) is 4.79 Å². The molecule has 2 rings (SSSR count). The van der Waals surface area contributed by atoms with E-state index in [1.807, 2.05) is 6.92 Å². The van der Waals surface area contributed by atoms with Crippen LogP contribution in [0.4, 0.5) is 0 Å². The highest BCUT2D eigenvalue weighted by molar-refractivity contribution is 7.89. The van der Waals surface area contributed by atoms with Crippen LogP contribution in [0.25, 0.3) is 0 Å². The number of primary sulfonamides is 1. The van der Waals surface area contributed by atoms with Gasteiger partial charge in [-0.2, -0.15) is 0 Å². The second-order valence-electron chi connectivity index (χ2n) is 4.73. The number of nitrogens with two attached hydrogens (primary N) is 1. The van der Waals surface area contributed by atoms with Crippen LogP contribution in [0.3, 0.4) is 0 Å². The average molecular weight is 268 g/mol. The van der Waals surface area contributed by atoms with Crippen molar-refractivity contribution in [3.63, 3.8) is 0 Å². The van der Waals surface area contributed by atoms with Crippen molar-refractivity contribution in [1.82, 2.24) is 5.32 Å². The highest BCUT2D eigenvalue weighted by Crippen LogP contribution is 2.37. The molecule has 3 N–H and O–H groups in total. The van der Waals surface area contributed by atoms with Crippen LogP contribution in [0.2, 0.25) is 0 Å². The molecule has 1 aromatic carbocycles. The number of amides is 1. The molecule has 5 nitrogen and oxygen atoms in total. The molecule has 98 valence electrons. The lowest BCUT2D eigenvalue weighted by molar-refractivity contribution is -0.122. The molecular weight excluding hydrogens is 252 g/mol. The van der Waals surface area contributed by atoms with E-state index in [1.165, 1.54) is 12.1 Å². The molecule has 2 atom stereocenters. The number of carbonyl (C=O) groups excluding carboxylic acids is 1. The van der Waals surface area contributed by atoms with Gasteiger partial charge in [0.25, 0.3) is 0 Å². The van der Waals surface area contributed by atoms with Crippen LogP contribution in [0.1, 0.15) is 18.9 Å². The van der Waals surface area contributed by atoms with Crippen LogP contribution in [-0.2, 0) is 21.4 Å². The Morgan fingerprint density at radius 3 is 2.39 bits per heavy atom. The van der Waals surface area contributed by atoms with Crippen LogP contribution in [-0.4, -0.2) is 14.3 Å². The van der Waals surface area contributed by atoms with E-state index in [4.69, 9.17) is 5.14 Å². The average Bonchev–Trinajstić information content (AvgIpc) is 3.03. The van der Waals surface area contributed by atoms with Crippen LogP contribution in [0.15, 0.2) is 29.2 Å². The first kappa shape index (κ1) is 13.0. The van der Waals surface area contributed by atoms with Crippen molar-refractivity contribution in [2.75, 3.05) is 0 Å². The van der Waals surface area contributed by atoms with Crippen LogP contribution in [0.5, 0.6) is 0 Å². The number of hydrogen-bond donors (Lipinski definition) is 2. The molecule has 1 aromatic rings. The minimum Gasteiger partial charge on any atom is -0.352 e. The van der Waals surface area contributed by atoms with E-state index in [0.29, 0.717) is 12.5 Å². The SMILES string of the molecule is CC1CC1C(=O)NCc1ccc(S(N)(=O)=O)cc1. The summed E-state index contributed by atoms with van der Waals surface area (Å²) >= 11 is 0. The highest BCUT2D eigenvalue weighted by Gasteiger charge is 2.38. The Morgan fingerprint density at radius 2 is 1.94 bits per heavy atom. The largest absolute Gasteiger partial charge is 0.352 e. The molecule has 2 unspecified atom stereocenters. The number of carbonyl (C=O) groups is 1. The molecule has 0 heterocycles.